The van der Waals surface area contributed by atoms with Crippen LogP contribution < -0.4 is 5.32 Å². The molecule has 0 spiro atoms. The largest absolute Gasteiger partial charge is 0.455 e. The lowest BCUT2D eigenvalue weighted by Gasteiger charge is -2.05. The van der Waals surface area contributed by atoms with Gasteiger partial charge in [-0.2, -0.15) is 0 Å². The van der Waals surface area contributed by atoms with Crippen molar-refractivity contribution in [2.45, 2.75) is 10.6 Å². The number of furan rings is 1. The van der Waals surface area contributed by atoms with Gasteiger partial charge >= 0.3 is 0 Å². The minimum Gasteiger partial charge on any atom is -0.455 e. The number of amides is 1. The summed E-state index contributed by atoms with van der Waals surface area (Å²) < 4.78 is 6.63. The molecule has 0 unspecified atom stereocenters. The Hall–Kier alpha value is -1.73. The first-order chi connectivity index (χ1) is 11.2. The van der Waals surface area contributed by atoms with Gasteiger partial charge < -0.3 is 9.73 Å². The molecule has 0 radical (unpaired) electrons. The van der Waals surface area contributed by atoms with Crippen LogP contribution in [-0.2, 0) is 5.75 Å². The number of halogens is 1. The number of nitrogens with one attached hydrogen (secondary N) is 1. The maximum atomic E-state index is 12.2. The fourth-order valence-electron chi connectivity index (χ4n) is 2.00. The SMILES string of the molecule is O=C(Nc1ccccc1I)c1ccc(CSc2ccccc2)o1. The lowest BCUT2D eigenvalue weighted by atomic mass is 10.3. The summed E-state index contributed by atoms with van der Waals surface area (Å²) in [5, 5.41) is 2.87. The van der Waals surface area contributed by atoms with E-state index in [0.717, 1.165) is 15.0 Å². The normalized spacial score (nSPS) is 10.5. The first-order valence-electron chi connectivity index (χ1n) is 7.05. The second-order valence-electron chi connectivity index (χ2n) is 4.80. The highest BCUT2D eigenvalue weighted by Gasteiger charge is 2.12. The number of thioether (sulfide) groups is 1. The van der Waals surface area contributed by atoms with Crippen molar-refractivity contribution in [1.29, 1.82) is 0 Å². The number of anilines is 1. The number of carbonyl (C=O) groups is 1. The van der Waals surface area contributed by atoms with Gasteiger partial charge in [0.05, 0.1) is 11.4 Å². The molecule has 0 aliphatic carbocycles. The van der Waals surface area contributed by atoms with Gasteiger partial charge in [0, 0.05) is 8.47 Å². The van der Waals surface area contributed by atoms with Gasteiger partial charge in [-0.05, 0) is 59.0 Å². The van der Waals surface area contributed by atoms with Gasteiger partial charge in [-0.15, -0.1) is 11.8 Å². The Labute approximate surface area is 152 Å². The number of carbonyl (C=O) groups excluding carboxylic acids is 1. The number of para-hydroxylation sites is 1. The second-order valence-corrected chi connectivity index (χ2v) is 7.01. The van der Waals surface area contributed by atoms with Crippen LogP contribution in [0.25, 0.3) is 0 Å². The van der Waals surface area contributed by atoms with Crippen LogP contribution in [0.2, 0.25) is 0 Å². The molecule has 0 saturated heterocycles. The van der Waals surface area contributed by atoms with Crippen molar-refractivity contribution in [3.8, 4) is 0 Å². The zero-order valence-electron chi connectivity index (χ0n) is 12.2. The summed E-state index contributed by atoms with van der Waals surface area (Å²) in [5.74, 6) is 1.57. The topological polar surface area (TPSA) is 42.2 Å². The smallest absolute Gasteiger partial charge is 0.291 e. The van der Waals surface area contributed by atoms with E-state index in [2.05, 4.69) is 40.0 Å². The lowest BCUT2D eigenvalue weighted by molar-refractivity contribution is 0.0995. The Morgan fingerprint density at radius 1 is 1.00 bits per heavy atom. The predicted octanol–water partition coefficient (Wildman–Crippen LogP) is 5.43. The van der Waals surface area contributed by atoms with Gasteiger partial charge in [0.2, 0.25) is 0 Å². The molecule has 1 heterocycles. The number of rotatable bonds is 5. The van der Waals surface area contributed by atoms with E-state index >= 15 is 0 Å². The predicted molar refractivity (Wildman–Crippen MR) is 102 cm³/mol. The average Bonchev–Trinajstić information content (AvgIpc) is 3.05. The van der Waals surface area contributed by atoms with Crippen LogP contribution in [0.4, 0.5) is 5.69 Å². The second kappa shape index (κ2) is 7.70. The molecule has 3 aromatic rings. The molecule has 0 bridgehead atoms. The molecule has 1 N–H and O–H groups in total. The van der Waals surface area contributed by atoms with Gasteiger partial charge in [0.1, 0.15) is 5.76 Å². The van der Waals surface area contributed by atoms with Crippen LogP contribution in [-0.4, -0.2) is 5.91 Å². The Morgan fingerprint density at radius 3 is 2.52 bits per heavy atom. The molecule has 23 heavy (non-hydrogen) atoms. The summed E-state index contributed by atoms with van der Waals surface area (Å²) in [6, 6.07) is 21.3. The van der Waals surface area contributed by atoms with E-state index in [1.165, 1.54) is 4.90 Å². The number of benzene rings is 2. The van der Waals surface area contributed by atoms with Crippen LogP contribution in [0.3, 0.4) is 0 Å². The highest BCUT2D eigenvalue weighted by molar-refractivity contribution is 14.1. The third-order valence-corrected chi connectivity index (χ3v) is 5.11. The van der Waals surface area contributed by atoms with Crippen LogP contribution in [0.5, 0.6) is 0 Å². The average molecular weight is 435 g/mol. The molecular weight excluding hydrogens is 421 g/mol. The molecule has 0 aliphatic rings. The van der Waals surface area contributed by atoms with Crippen molar-refractivity contribution in [1.82, 2.24) is 0 Å². The molecule has 2 aromatic carbocycles. The maximum absolute atomic E-state index is 12.2. The summed E-state index contributed by atoms with van der Waals surface area (Å²) in [6.45, 7) is 0. The van der Waals surface area contributed by atoms with Crippen LogP contribution >= 0.6 is 34.4 Å². The van der Waals surface area contributed by atoms with Crippen molar-refractivity contribution in [2.75, 3.05) is 5.32 Å². The van der Waals surface area contributed by atoms with Crippen LogP contribution in [0.15, 0.2) is 76.0 Å². The monoisotopic (exact) mass is 435 g/mol. The molecule has 5 heteroatoms. The van der Waals surface area contributed by atoms with Gasteiger partial charge in [0.25, 0.3) is 5.91 Å². The highest BCUT2D eigenvalue weighted by Crippen LogP contribution is 2.24. The molecular formula is C18H14INO2S. The maximum Gasteiger partial charge on any atom is 0.291 e. The Kier molecular flexibility index (Phi) is 5.40. The molecule has 0 saturated carbocycles. The first-order valence-corrected chi connectivity index (χ1v) is 9.11. The molecule has 0 aliphatic heterocycles. The van der Waals surface area contributed by atoms with E-state index in [9.17, 15) is 4.79 Å². The zero-order chi connectivity index (χ0) is 16.1. The minimum atomic E-state index is -0.231. The molecule has 3 nitrogen and oxygen atoms in total. The third kappa shape index (κ3) is 4.39. The molecule has 116 valence electrons. The van der Waals surface area contributed by atoms with E-state index < -0.39 is 0 Å². The van der Waals surface area contributed by atoms with Gasteiger partial charge in [-0.3, -0.25) is 4.79 Å². The summed E-state index contributed by atoms with van der Waals surface area (Å²) in [6.07, 6.45) is 0. The molecule has 3 rings (SSSR count). The molecule has 1 amide bonds. The van der Waals surface area contributed by atoms with Crippen molar-refractivity contribution < 1.29 is 9.21 Å². The first kappa shape index (κ1) is 16.1. The van der Waals surface area contributed by atoms with E-state index in [1.807, 2.05) is 48.5 Å². The Balaban J connectivity index is 1.62. The van der Waals surface area contributed by atoms with E-state index in [1.54, 1.807) is 17.8 Å². The third-order valence-electron chi connectivity index (χ3n) is 3.13. The van der Waals surface area contributed by atoms with Crippen LogP contribution in [0, 0.1) is 3.57 Å². The fraction of sp³-hybridized carbons (Fsp3) is 0.0556. The highest BCUT2D eigenvalue weighted by atomic mass is 127. The summed E-state index contributed by atoms with van der Waals surface area (Å²) in [4.78, 5) is 13.4. The molecule has 0 fully saturated rings. The number of hydrogen-bond donors (Lipinski definition) is 1. The van der Waals surface area contributed by atoms with Crippen molar-refractivity contribution in [3.63, 3.8) is 0 Å². The van der Waals surface area contributed by atoms with Crippen molar-refractivity contribution >= 4 is 45.9 Å². The van der Waals surface area contributed by atoms with Gasteiger partial charge in [0.15, 0.2) is 5.76 Å². The quantitative estimate of drug-likeness (QED) is 0.430. The van der Waals surface area contributed by atoms with Gasteiger partial charge in [-0.1, -0.05) is 30.3 Å². The fourth-order valence-corrected chi connectivity index (χ4v) is 3.33. The lowest BCUT2D eigenvalue weighted by Crippen LogP contribution is -2.11. The Morgan fingerprint density at radius 2 is 1.74 bits per heavy atom. The zero-order valence-corrected chi connectivity index (χ0v) is 15.1. The molecule has 0 atom stereocenters. The standard InChI is InChI=1S/C18H14INO2S/c19-15-8-4-5-9-16(15)20-18(21)17-11-10-13(22-17)12-23-14-6-2-1-3-7-14/h1-11H,12H2,(H,20,21). The minimum absolute atomic E-state index is 0.231. The summed E-state index contributed by atoms with van der Waals surface area (Å²) in [5.41, 5.74) is 0.787. The number of hydrogen-bond acceptors (Lipinski definition) is 3. The van der Waals surface area contributed by atoms with E-state index in [-0.39, 0.29) is 5.91 Å². The summed E-state index contributed by atoms with van der Waals surface area (Å²) >= 11 is 3.87. The van der Waals surface area contributed by atoms with E-state index in [0.29, 0.717) is 11.5 Å². The van der Waals surface area contributed by atoms with Crippen LogP contribution in [0.1, 0.15) is 16.3 Å². The van der Waals surface area contributed by atoms with Crippen molar-refractivity contribution in [2.24, 2.45) is 0 Å². The van der Waals surface area contributed by atoms with Gasteiger partial charge in [-0.25, -0.2) is 0 Å². The summed E-state index contributed by atoms with van der Waals surface area (Å²) in [7, 11) is 0. The molecule has 1 aromatic heterocycles. The Bertz CT molecular complexity index is 802. The van der Waals surface area contributed by atoms with E-state index in [4.69, 9.17) is 4.42 Å². The van der Waals surface area contributed by atoms with Crippen molar-refractivity contribution in [3.05, 3.63) is 81.8 Å².